The lowest BCUT2D eigenvalue weighted by Crippen LogP contribution is -2.37. The van der Waals surface area contributed by atoms with Gasteiger partial charge in [0.1, 0.15) is 5.75 Å². The van der Waals surface area contributed by atoms with Crippen LogP contribution in [0.25, 0.3) is 0 Å². The fourth-order valence-electron chi connectivity index (χ4n) is 4.00. The van der Waals surface area contributed by atoms with E-state index in [1.165, 1.54) is 7.11 Å². The van der Waals surface area contributed by atoms with Crippen LogP contribution in [0, 0.1) is 0 Å². The molecule has 3 amide bonds. The number of phenols is 1. The van der Waals surface area contributed by atoms with Crippen LogP contribution < -0.4 is 19.7 Å². The van der Waals surface area contributed by atoms with Crippen LogP contribution in [0.5, 0.6) is 17.2 Å². The Hall–Kier alpha value is -3.42. The van der Waals surface area contributed by atoms with Gasteiger partial charge in [-0.3, -0.25) is 4.79 Å². The Labute approximate surface area is 187 Å². The number of anilines is 2. The van der Waals surface area contributed by atoms with Gasteiger partial charge in [0.15, 0.2) is 11.5 Å². The summed E-state index contributed by atoms with van der Waals surface area (Å²) in [5.41, 5.74) is 2.16. The largest absolute Gasteiger partial charge is 0.504 e. The fourth-order valence-corrected chi connectivity index (χ4v) is 4.00. The molecule has 0 bridgehead atoms. The number of carbonyl (C=O) groups excluding carboxylic acids is 2. The lowest BCUT2D eigenvalue weighted by Gasteiger charge is -2.29. The Morgan fingerprint density at radius 2 is 1.91 bits per heavy atom. The molecule has 8 heteroatoms. The zero-order chi connectivity index (χ0) is 22.7. The first-order valence-corrected chi connectivity index (χ1v) is 10.9. The molecule has 0 aromatic heterocycles. The Morgan fingerprint density at radius 1 is 1.12 bits per heavy atom. The molecule has 1 saturated heterocycles. The van der Waals surface area contributed by atoms with Crippen molar-refractivity contribution in [2.75, 3.05) is 31.0 Å². The van der Waals surface area contributed by atoms with Crippen molar-refractivity contribution >= 4 is 23.3 Å². The molecule has 2 aliphatic rings. The summed E-state index contributed by atoms with van der Waals surface area (Å²) in [5, 5.41) is 12.8. The average molecular weight is 440 g/mol. The first kappa shape index (κ1) is 21.8. The summed E-state index contributed by atoms with van der Waals surface area (Å²) in [6, 6.07) is 10.4. The van der Waals surface area contributed by atoms with Crippen LogP contribution in [0.3, 0.4) is 0 Å². The molecule has 2 aromatic carbocycles. The van der Waals surface area contributed by atoms with Crippen LogP contribution in [0.15, 0.2) is 36.4 Å². The van der Waals surface area contributed by atoms with Gasteiger partial charge >= 0.3 is 6.03 Å². The highest BCUT2D eigenvalue weighted by Crippen LogP contribution is 2.35. The lowest BCUT2D eigenvalue weighted by atomic mass is 10.1. The Morgan fingerprint density at radius 3 is 2.59 bits per heavy atom. The number of nitrogens with one attached hydrogen (secondary N) is 1. The first-order chi connectivity index (χ1) is 15.5. The SMILES string of the molecule is COc1cc(CN(C(=O)Nc2ccc(OC)c(N3CCCCC3=O)c2)C2CC2)ccc1O. The van der Waals surface area contributed by atoms with E-state index in [2.05, 4.69) is 5.32 Å². The number of hydrogen-bond donors (Lipinski definition) is 2. The van der Waals surface area contributed by atoms with Gasteiger partial charge in [-0.15, -0.1) is 0 Å². The number of hydrogen-bond acceptors (Lipinski definition) is 5. The van der Waals surface area contributed by atoms with E-state index in [4.69, 9.17) is 9.47 Å². The molecule has 0 atom stereocenters. The standard InChI is InChI=1S/C24H29N3O5/c1-31-21-11-7-17(14-19(21)26-12-4-3-5-23(26)29)25-24(30)27(18-8-9-18)15-16-6-10-20(28)22(13-16)32-2/h6-7,10-11,13-14,18,28H,3-5,8-9,12,15H2,1-2H3,(H,25,30). The number of amides is 3. The van der Waals surface area contributed by atoms with Crippen LogP contribution in [-0.2, 0) is 11.3 Å². The summed E-state index contributed by atoms with van der Waals surface area (Å²) < 4.78 is 10.7. The molecule has 2 aromatic rings. The highest BCUT2D eigenvalue weighted by atomic mass is 16.5. The summed E-state index contributed by atoms with van der Waals surface area (Å²) in [5.74, 6) is 1.12. The molecule has 0 radical (unpaired) electrons. The Bertz CT molecular complexity index is 1010. The second-order valence-corrected chi connectivity index (χ2v) is 8.18. The van der Waals surface area contributed by atoms with Crippen molar-refractivity contribution in [1.82, 2.24) is 4.90 Å². The Kier molecular flexibility index (Phi) is 6.39. The van der Waals surface area contributed by atoms with Gasteiger partial charge in [0.05, 0.1) is 19.9 Å². The van der Waals surface area contributed by atoms with Crippen molar-refractivity contribution in [3.63, 3.8) is 0 Å². The van der Waals surface area contributed by atoms with Gasteiger partial charge in [-0.05, 0) is 61.6 Å². The molecule has 8 nitrogen and oxygen atoms in total. The van der Waals surface area contributed by atoms with E-state index in [-0.39, 0.29) is 23.7 Å². The quantitative estimate of drug-likeness (QED) is 0.677. The van der Waals surface area contributed by atoms with Gasteiger partial charge in [-0.2, -0.15) is 0 Å². The van der Waals surface area contributed by atoms with Gasteiger partial charge in [-0.1, -0.05) is 6.07 Å². The molecular formula is C24H29N3O5. The van der Waals surface area contributed by atoms with E-state index in [1.807, 2.05) is 0 Å². The van der Waals surface area contributed by atoms with Crippen molar-refractivity contribution in [3.8, 4) is 17.2 Å². The number of benzene rings is 2. The van der Waals surface area contributed by atoms with E-state index >= 15 is 0 Å². The summed E-state index contributed by atoms with van der Waals surface area (Å²) in [6.07, 6.45) is 4.27. The molecule has 1 aliphatic heterocycles. The molecule has 170 valence electrons. The normalized spacial score (nSPS) is 15.9. The number of rotatable bonds is 7. The maximum atomic E-state index is 13.1. The number of aromatic hydroxyl groups is 1. The van der Waals surface area contributed by atoms with E-state index in [9.17, 15) is 14.7 Å². The second kappa shape index (κ2) is 9.38. The predicted octanol–water partition coefficient (Wildman–Crippen LogP) is 4.12. The molecule has 4 rings (SSSR count). The molecule has 1 saturated carbocycles. The third-order valence-electron chi connectivity index (χ3n) is 5.89. The molecule has 1 heterocycles. The van der Waals surface area contributed by atoms with Crippen molar-refractivity contribution < 1.29 is 24.2 Å². The van der Waals surface area contributed by atoms with Crippen molar-refractivity contribution in [2.24, 2.45) is 0 Å². The average Bonchev–Trinajstić information content (AvgIpc) is 3.64. The second-order valence-electron chi connectivity index (χ2n) is 8.18. The van der Waals surface area contributed by atoms with Gasteiger partial charge in [0.2, 0.25) is 5.91 Å². The van der Waals surface area contributed by atoms with Gasteiger partial charge < -0.3 is 29.7 Å². The van der Waals surface area contributed by atoms with Crippen molar-refractivity contribution in [1.29, 1.82) is 0 Å². The van der Waals surface area contributed by atoms with Crippen molar-refractivity contribution in [2.45, 2.75) is 44.7 Å². The topological polar surface area (TPSA) is 91.3 Å². The third-order valence-corrected chi connectivity index (χ3v) is 5.89. The number of methoxy groups -OCH3 is 2. The summed E-state index contributed by atoms with van der Waals surface area (Å²) >= 11 is 0. The van der Waals surface area contributed by atoms with E-state index in [0.717, 1.165) is 31.2 Å². The number of piperidine rings is 1. The maximum absolute atomic E-state index is 13.1. The van der Waals surface area contributed by atoms with Gasteiger partial charge in [0.25, 0.3) is 0 Å². The number of ether oxygens (including phenoxy) is 2. The molecule has 0 spiro atoms. The maximum Gasteiger partial charge on any atom is 0.322 e. The molecule has 32 heavy (non-hydrogen) atoms. The van der Waals surface area contributed by atoms with Crippen LogP contribution in [0.1, 0.15) is 37.7 Å². The molecule has 2 N–H and O–H groups in total. The van der Waals surface area contributed by atoms with Crippen LogP contribution in [-0.4, -0.2) is 48.8 Å². The highest BCUT2D eigenvalue weighted by Gasteiger charge is 2.33. The molecular weight excluding hydrogens is 410 g/mol. The predicted molar refractivity (Wildman–Crippen MR) is 121 cm³/mol. The minimum absolute atomic E-state index is 0.0664. The van der Waals surface area contributed by atoms with E-state index in [1.54, 1.807) is 53.3 Å². The van der Waals surface area contributed by atoms with Crippen LogP contribution >= 0.6 is 0 Å². The van der Waals surface area contributed by atoms with Gasteiger partial charge in [0, 0.05) is 31.2 Å². The summed E-state index contributed by atoms with van der Waals surface area (Å²) in [7, 11) is 3.07. The minimum atomic E-state index is -0.208. The zero-order valence-electron chi connectivity index (χ0n) is 18.5. The van der Waals surface area contributed by atoms with E-state index < -0.39 is 0 Å². The van der Waals surface area contributed by atoms with E-state index in [0.29, 0.717) is 42.4 Å². The number of carbonyl (C=O) groups is 2. The van der Waals surface area contributed by atoms with Crippen LogP contribution in [0.2, 0.25) is 0 Å². The van der Waals surface area contributed by atoms with Crippen molar-refractivity contribution in [3.05, 3.63) is 42.0 Å². The Balaban J connectivity index is 1.52. The lowest BCUT2D eigenvalue weighted by molar-refractivity contribution is -0.119. The molecule has 1 aliphatic carbocycles. The van der Waals surface area contributed by atoms with Crippen LogP contribution in [0.4, 0.5) is 16.2 Å². The summed E-state index contributed by atoms with van der Waals surface area (Å²) in [4.78, 5) is 29.1. The number of urea groups is 1. The monoisotopic (exact) mass is 439 g/mol. The third kappa shape index (κ3) is 4.74. The highest BCUT2D eigenvalue weighted by molar-refractivity contribution is 5.97. The molecule has 0 unspecified atom stereocenters. The van der Waals surface area contributed by atoms with Gasteiger partial charge in [-0.25, -0.2) is 4.79 Å². The fraction of sp³-hybridized carbons (Fsp3) is 0.417. The number of nitrogens with zero attached hydrogens (tertiary/aromatic N) is 2. The number of phenolic OH excluding ortho intramolecular Hbond substituents is 1. The summed E-state index contributed by atoms with van der Waals surface area (Å²) in [6.45, 7) is 1.05. The zero-order valence-corrected chi connectivity index (χ0v) is 18.5. The first-order valence-electron chi connectivity index (χ1n) is 10.9. The minimum Gasteiger partial charge on any atom is -0.504 e. The molecule has 2 fully saturated rings. The smallest absolute Gasteiger partial charge is 0.322 e.